The molecule has 2 aromatic rings. The first-order chi connectivity index (χ1) is 12.1. The SMILES string of the molecule is Cc1c(C#N)c(NC(=O)CSc2ncn[nH]2)n(C2CCCCC2)c1C. The Kier molecular flexibility index (Phi) is 5.43. The van der Waals surface area contributed by atoms with E-state index < -0.39 is 0 Å². The number of nitrogens with one attached hydrogen (secondary N) is 2. The zero-order valence-electron chi connectivity index (χ0n) is 14.5. The van der Waals surface area contributed by atoms with E-state index in [1.54, 1.807) is 0 Å². The van der Waals surface area contributed by atoms with Crippen LogP contribution in [-0.4, -0.2) is 31.4 Å². The fraction of sp³-hybridized carbons (Fsp3) is 0.529. The quantitative estimate of drug-likeness (QED) is 0.799. The highest BCUT2D eigenvalue weighted by atomic mass is 32.2. The molecule has 0 aliphatic heterocycles. The number of H-pyrrole nitrogens is 1. The topological polar surface area (TPSA) is 99.4 Å². The lowest BCUT2D eigenvalue weighted by molar-refractivity contribution is -0.113. The average Bonchev–Trinajstić information content (AvgIpc) is 3.22. The van der Waals surface area contributed by atoms with Crippen molar-refractivity contribution in [2.45, 2.75) is 57.1 Å². The molecule has 1 aliphatic carbocycles. The molecule has 1 amide bonds. The van der Waals surface area contributed by atoms with Gasteiger partial charge in [-0.05, 0) is 32.3 Å². The van der Waals surface area contributed by atoms with E-state index in [2.05, 4.69) is 31.1 Å². The largest absolute Gasteiger partial charge is 0.327 e. The van der Waals surface area contributed by atoms with Crippen LogP contribution in [0.4, 0.5) is 5.82 Å². The maximum absolute atomic E-state index is 12.4. The van der Waals surface area contributed by atoms with Gasteiger partial charge in [-0.25, -0.2) is 4.98 Å². The minimum atomic E-state index is -0.146. The van der Waals surface area contributed by atoms with Gasteiger partial charge in [0, 0.05) is 11.7 Å². The van der Waals surface area contributed by atoms with Crippen LogP contribution in [-0.2, 0) is 4.79 Å². The van der Waals surface area contributed by atoms with Gasteiger partial charge in [0.25, 0.3) is 0 Å². The smallest absolute Gasteiger partial charge is 0.235 e. The van der Waals surface area contributed by atoms with Crippen LogP contribution in [0.3, 0.4) is 0 Å². The Morgan fingerprint density at radius 3 is 2.84 bits per heavy atom. The van der Waals surface area contributed by atoms with Crippen LogP contribution in [0.1, 0.15) is 55.0 Å². The van der Waals surface area contributed by atoms with Gasteiger partial charge in [0.1, 0.15) is 18.2 Å². The third-order valence-corrected chi connectivity index (χ3v) is 5.68. The van der Waals surface area contributed by atoms with Crippen molar-refractivity contribution in [3.8, 4) is 6.07 Å². The molecule has 1 aliphatic rings. The Morgan fingerprint density at radius 2 is 2.20 bits per heavy atom. The Labute approximate surface area is 151 Å². The minimum absolute atomic E-state index is 0.146. The van der Waals surface area contributed by atoms with Crippen LogP contribution in [0.5, 0.6) is 0 Å². The number of nitriles is 1. The highest BCUT2D eigenvalue weighted by Crippen LogP contribution is 2.36. The van der Waals surface area contributed by atoms with Crippen LogP contribution in [0.2, 0.25) is 0 Å². The first-order valence-electron chi connectivity index (χ1n) is 8.51. The molecule has 0 unspecified atom stereocenters. The summed E-state index contributed by atoms with van der Waals surface area (Å²) in [6, 6.07) is 2.62. The molecule has 7 nitrogen and oxygen atoms in total. The Hall–Kier alpha value is -2.27. The van der Waals surface area contributed by atoms with Gasteiger partial charge in [0.05, 0.1) is 11.3 Å². The van der Waals surface area contributed by atoms with E-state index in [0.29, 0.717) is 22.6 Å². The molecule has 8 heteroatoms. The summed E-state index contributed by atoms with van der Waals surface area (Å²) in [6.07, 6.45) is 7.24. The molecule has 0 radical (unpaired) electrons. The summed E-state index contributed by atoms with van der Waals surface area (Å²) in [5.41, 5.74) is 2.59. The number of thioether (sulfide) groups is 1. The summed E-state index contributed by atoms with van der Waals surface area (Å²) >= 11 is 1.29. The average molecular weight is 358 g/mol. The number of aromatic amines is 1. The molecule has 1 saturated carbocycles. The Bertz CT molecular complexity index is 783. The van der Waals surface area contributed by atoms with E-state index in [9.17, 15) is 10.1 Å². The van der Waals surface area contributed by atoms with Crippen molar-refractivity contribution in [2.75, 3.05) is 11.1 Å². The van der Waals surface area contributed by atoms with Crippen molar-refractivity contribution in [3.05, 3.63) is 23.1 Å². The van der Waals surface area contributed by atoms with E-state index >= 15 is 0 Å². The van der Waals surface area contributed by atoms with Gasteiger partial charge < -0.3 is 9.88 Å². The van der Waals surface area contributed by atoms with Crippen molar-refractivity contribution >= 4 is 23.5 Å². The fourth-order valence-corrected chi connectivity index (χ4v) is 4.03. The first kappa shape index (κ1) is 17.5. The number of amides is 1. The zero-order valence-corrected chi connectivity index (χ0v) is 15.3. The Morgan fingerprint density at radius 1 is 1.44 bits per heavy atom. The highest BCUT2D eigenvalue weighted by Gasteiger charge is 2.25. The number of hydrogen-bond donors (Lipinski definition) is 2. The predicted molar refractivity (Wildman–Crippen MR) is 96.5 cm³/mol. The number of hydrogen-bond acceptors (Lipinski definition) is 5. The number of aromatic nitrogens is 4. The van der Waals surface area contributed by atoms with Gasteiger partial charge in [0.15, 0.2) is 5.16 Å². The molecule has 0 saturated heterocycles. The van der Waals surface area contributed by atoms with Crippen molar-refractivity contribution in [2.24, 2.45) is 0 Å². The predicted octanol–water partition coefficient (Wildman–Crippen LogP) is 3.33. The number of carbonyl (C=O) groups excluding carboxylic acids is 1. The summed E-state index contributed by atoms with van der Waals surface area (Å²) in [5, 5.41) is 19.6. The molecule has 25 heavy (non-hydrogen) atoms. The summed E-state index contributed by atoms with van der Waals surface area (Å²) in [7, 11) is 0. The van der Waals surface area contributed by atoms with Gasteiger partial charge in [-0.2, -0.15) is 10.4 Å². The van der Waals surface area contributed by atoms with E-state index in [1.807, 2.05) is 13.8 Å². The summed E-state index contributed by atoms with van der Waals surface area (Å²) in [5.74, 6) is 0.716. The minimum Gasteiger partial charge on any atom is -0.327 e. The lowest BCUT2D eigenvalue weighted by Crippen LogP contribution is -2.21. The molecular formula is C17H22N6OS. The number of rotatable bonds is 5. The molecule has 0 aromatic carbocycles. The van der Waals surface area contributed by atoms with Gasteiger partial charge in [-0.3, -0.25) is 9.89 Å². The van der Waals surface area contributed by atoms with Crippen LogP contribution in [0.25, 0.3) is 0 Å². The monoisotopic (exact) mass is 358 g/mol. The van der Waals surface area contributed by atoms with Gasteiger partial charge >= 0.3 is 0 Å². The molecule has 2 heterocycles. The van der Waals surface area contributed by atoms with Crippen molar-refractivity contribution in [1.29, 1.82) is 5.26 Å². The van der Waals surface area contributed by atoms with Crippen molar-refractivity contribution in [1.82, 2.24) is 19.7 Å². The summed E-state index contributed by atoms with van der Waals surface area (Å²) in [4.78, 5) is 16.4. The normalized spacial score (nSPS) is 15.1. The third-order valence-electron chi connectivity index (χ3n) is 4.80. The van der Waals surface area contributed by atoms with Crippen molar-refractivity contribution in [3.63, 3.8) is 0 Å². The molecule has 0 bridgehead atoms. The molecule has 0 spiro atoms. The van der Waals surface area contributed by atoms with Crippen LogP contribution in [0, 0.1) is 25.2 Å². The zero-order chi connectivity index (χ0) is 17.8. The molecule has 3 rings (SSSR count). The second kappa shape index (κ2) is 7.74. The molecule has 2 aromatic heterocycles. The second-order valence-corrected chi connectivity index (χ2v) is 7.30. The highest BCUT2D eigenvalue weighted by molar-refractivity contribution is 7.99. The van der Waals surface area contributed by atoms with Gasteiger partial charge in [0.2, 0.25) is 5.91 Å². The fourth-order valence-electron chi connectivity index (χ4n) is 3.45. The van der Waals surface area contributed by atoms with E-state index in [0.717, 1.165) is 24.1 Å². The molecule has 0 atom stereocenters. The van der Waals surface area contributed by atoms with E-state index in [-0.39, 0.29) is 11.7 Å². The lowest BCUT2D eigenvalue weighted by atomic mass is 9.95. The van der Waals surface area contributed by atoms with Gasteiger partial charge in [-0.1, -0.05) is 31.0 Å². The lowest BCUT2D eigenvalue weighted by Gasteiger charge is -2.27. The Balaban J connectivity index is 1.82. The van der Waals surface area contributed by atoms with Crippen LogP contribution >= 0.6 is 11.8 Å². The molecule has 1 fully saturated rings. The van der Waals surface area contributed by atoms with Crippen LogP contribution in [0.15, 0.2) is 11.5 Å². The number of anilines is 1. The molecular weight excluding hydrogens is 336 g/mol. The summed E-state index contributed by atoms with van der Waals surface area (Å²) < 4.78 is 2.17. The third kappa shape index (κ3) is 3.71. The number of nitrogens with zero attached hydrogens (tertiary/aromatic N) is 4. The second-order valence-electron chi connectivity index (χ2n) is 6.34. The molecule has 2 N–H and O–H groups in total. The summed E-state index contributed by atoms with van der Waals surface area (Å²) in [6.45, 7) is 3.98. The van der Waals surface area contributed by atoms with Gasteiger partial charge in [-0.15, -0.1) is 0 Å². The maximum atomic E-state index is 12.4. The van der Waals surface area contributed by atoms with Crippen LogP contribution < -0.4 is 5.32 Å². The maximum Gasteiger partial charge on any atom is 0.235 e. The standard InChI is InChI=1S/C17H22N6OS/c1-11-12(2)23(13-6-4-3-5-7-13)16(14(11)8-18)21-15(24)9-25-17-19-10-20-22-17/h10,13H,3-7,9H2,1-2H3,(H,21,24)(H,19,20,22). The van der Waals surface area contributed by atoms with E-state index in [4.69, 9.17) is 0 Å². The number of carbonyl (C=O) groups is 1. The van der Waals surface area contributed by atoms with Crippen molar-refractivity contribution < 1.29 is 4.79 Å². The first-order valence-corrected chi connectivity index (χ1v) is 9.50. The van der Waals surface area contributed by atoms with E-state index in [1.165, 1.54) is 37.4 Å². The molecule has 132 valence electrons.